The van der Waals surface area contributed by atoms with Crippen molar-refractivity contribution in [1.29, 1.82) is 0 Å². The number of ether oxygens (including phenoxy) is 2. The van der Waals surface area contributed by atoms with E-state index in [2.05, 4.69) is 49.9 Å². The van der Waals surface area contributed by atoms with Crippen LogP contribution in [0.4, 0.5) is 9.59 Å². The Morgan fingerprint density at radius 1 is 0.830 bits per heavy atom. The van der Waals surface area contributed by atoms with Crippen molar-refractivity contribution < 1.29 is 28.7 Å². The lowest BCUT2D eigenvalue weighted by molar-refractivity contribution is -0.136. The van der Waals surface area contributed by atoms with Crippen LogP contribution in [0.3, 0.4) is 0 Å². The largest absolute Gasteiger partial charge is 0.453 e. The van der Waals surface area contributed by atoms with Crippen LogP contribution in [-0.2, 0) is 31.9 Å². The second-order valence-electron chi connectivity index (χ2n) is 14.5. The molecule has 0 radical (unpaired) electrons. The molecule has 4 atom stereocenters. The lowest BCUT2D eigenvalue weighted by atomic mass is 10.0. The molecular weight excluding hydrogens is 697 g/mol. The van der Waals surface area contributed by atoms with Crippen molar-refractivity contribution in [2.24, 2.45) is 11.8 Å². The van der Waals surface area contributed by atoms with Crippen molar-refractivity contribution in [3.63, 3.8) is 0 Å². The van der Waals surface area contributed by atoms with Gasteiger partial charge in [-0.15, -0.1) is 11.3 Å². The lowest BCUT2D eigenvalue weighted by Gasteiger charge is -2.30. The van der Waals surface area contributed by atoms with Gasteiger partial charge in [-0.3, -0.25) is 9.59 Å². The number of aryl methyl sites for hydroxylation is 2. The van der Waals surface area contributed by atoms with Crippen LogP contribution in [-0.4, -0.2) is 93.1 Å². The Balaban J connectivity index is 1.09. The first kappa shape index (κ1) is 37.8. The first-order valence-corrected chi connectivity index (χ1v) is 19.2. The standard InChI is InChI=1S/C38H50N8O6S/c1-21(2)31(43-37(49)51-5)35(47)45-17-7-9-28(45)33-39-20-27(42-33)30-16-14-24(53-30)13-11-23-12-15-25-26(19-23)41-34(40-25)29-10-8-18-46(29)36(48)32(22(3)4)44-38(50)52-6/h12,14-16,19-22,28-29,31-32H,7-11,13,17-18H2,1-6H3,(H,39,42)(H,40,41)(H,43,49)(H,44,50)/t28-,29-,31-,32-/m0/s1. The number of thiophene rings is 1. The minimum atomic E-state index is -0.679. The molecule has 284 valence electrons. The van der Waals surface area contributed by atoms with Gasteiger partial charge in [0.1, 0.15) is 23.7 Å². The quantitative estimate of drug-likeness (QED) is 0.139. The Morgan fingerprint density at radius 3 is 2.02 bits per heavy atom. The molecule has 2 aliphatic heterocycles. The Labute approximate surface area is 313 Å². The van der Waals surface area contributed by atoms with Crippen LogP contribution in [0.25, 0.3) is 21.6 Å². The molecule has 5 heterocycles. The minimum absolute atomic E-state index is 0.0968. The van der Waals surface area contributed by atoms with Gasteiger partial charge in [0.25, 0.3) is 0 Å². The van der Waals surface area contributed by atoms with Crippen molar-refractivity contribution >= 4 is 46.4 Å². The van der Waals surface area contributed by atoms with Crippen LogP contribution < -0.4 is 10.6 Å². The number of H-pyrrole nitrogens is 2. The second kappa shape index (κ2) is 16.4. The van der Waals surface area contributed by atoms with E-state index >= 15 is 0 Å². The monoisotopic (exact) mass is 746 g/mol. The predicted molar refractivity (Wildman–Crippen MR) is 201 cm³/mol. The Hall–Kier alpha value is -4.92. The first-order valence-electron chi connectivity index (χ1n) is 18.4. The number of alkyl carbamates (subject to hydrolysis) is 2. The van der Waals surface area contributed by atoms with Crippen molar-refractivity contribution in [1.82, 2.24) is 40.4 Å². The minimum Gasteiger partial charge on any atom is -0.453 e. The van der Waals surface area contributed by atoms with Gasteiger partial charge >= 0.3 is 12.2 Å². The highest BCUT2D eigenvalue weighted by atomic mass is 32.1. The van der Waals surface area contributed by atoms with Crippen LogP contribution in [0.5, 0.6) is 0 Å². The molecule has 4 amide bonds. The van der Waals surface area contributed by atoms with Gasteiger partial charge in [-0.2, -0.15) is 0 Å². The Morgan fingerprint density at radius 2 is 1.43 bits per heavy atom. The maximum absolute atomic E-state index is 13.6. The van der Waals surface area contributed by atoms with Gasteiger partial charge in [0.05, 0.1) is 54.1 Å². The van der Waals surface area contributed by atoms with Gasteiger partial charge in [-0.05, 0) is 80.2 Å². The number of nitrogens with one attached hydrogen (secondary N) is 4. The summed E-state index contributed by atoms with van der Waals surface area (Å²) in [6.07, 6.45) is 5.61. The van der Waals surface area contributed by atoms with E-state index in [0.717, 1.165) is 71.8 Å². The molecule has 14 nitrogen and oxygen atoms in total. The van der Waals surface area contributed by atoms with E-state index < -0.39 is 24.3 Å². The molecule has 3 aromatic heterocycles. The molecule has 4 N–H and O–H groups in total. The molecule has 53 heavy (non-hydrogen) atoms. The third-order valence-electron chi connectivity index (χ3n) is 10.2. The molecule has 0 bridgehead atoms. The van der Waals surface area contributed by atoms with Gasteiger partial charge in [0.15, 0.2) is 0 Å². The highest BCUT2D eigenvalue weighted by Crippen LogP contribution is 2.35. The number of hydrogen-bond acceptors (Lipinski definition) is 9. The van der Waals surface area contributed by atoms with Crippen LogP contribution in [0.15, 0.2) is 36.5 Å². The highest BCUT2D eigenvalue weighted by molar-refractivity contribution is 7.15. The molecule has 0 aliphatic carbocycles. The van der Waals surface area contributed by atoms with Crippen molar-refractivity contribution in [2.75, 3.05) is 27.3 Å². The van der Waals surface area contributed by atoms with Gasteiger partial charge in [-0.1, -0.05) is 33.8 Å². The molecule has 6 rings (SSSR count). The number of benzene rings is 1. The van der Waals surface area contributed by atoms with Crippen LogP contribution in [0.1, 0.15) is 87.6 Å². The molecule has 2 saturated heterocycles. The predicted octanol–water partition coefficient (Wildman–Crippen LogP) is 5.89. The van der Waals surface area contributed by atoms with Gasteiger partial charge in [-0.25, -0.2) is 19.6 Å². The highest BCUT2D eigenvalue weighted by Gasteiger charge is 2.39. The summed E-state index contributed by atoms with van der Waals surface area (Å²) < 4.78 is 9.52. The van der Waals surface area contributed by atoms with Gasteiger partial charge in [0.2, 0.25) is 11.8 Å². The van der Waals surface area contributed by atoms with E-state index in [9.17, 15) is 19.2 Å². The van der Waals surface area contributed by atoms with Crippen LogP contribution >= 0.6 is 11.3 Å². The fraction of sp³-hybridized carbons (Fsp3) is 0.526. The van der Waals surface area contributed by atoms with Crippen LogP contribution in [0.2, 0.25) is 0 Å². The molecule has 15 heteroatoms. The molecule has 4 aromatic rings. The number of aromatic nitrogens is 4. The molecule has 2 fully saturated rings. The Bertz CT molecular complexity index is 1930. The lowest BCUT2D eigenvalue weighted by Crippen LogP contribution is -2.51. The zero-order valence-corrected chi connectivity index (χ0v) is 32.0. The van der Waals surface area contributed by atoms with Crippen molar-refractivity contribution in [2.45, 2.75) is 90.4 Å². The summed E-state index contributed by atoms with van der Waals surface area (Å²) in [5, 5.41) is 5.40. The number of likely N-dealkylation sites (tertiary alicyclic amines) is 2. The number of fused-ring (bicyclic) bond motifs is 1. The summed E-state index contributed by atoms with van der Waals surface area (Å²) in [6.45, 7) is 8.83. The topological polar surface area (TPSA) is 175 Å². The summed E-state index contributed by atoms with van der Waals surface area (Å²) in [5.74, 6) is 1.05. The third kappa shape index (κ3) is 8.34. The van der Waals surface area contributed by atoms with Crippen molar-refractivity contribution in [3.8, 4) is 10.6 Å². The number of amides is 4. The molecule has 2 aliphatic rings. The second-order valence-corrected chi connectivity index (χ2v) is 15.7. The fourth-order valence-corrected chi connectivity index (χ4v) is 8.30. The number of hydrogen-bond donors (Lipinski definition) is 4. The van der Waals surface area contributed by atoms with E-state index in [4.69, 9.17) is 14.5 Å². The SMILES string of the molecule is COC(=O)N[C@H](C(=O)N1CCC[C@H]1c1ncc(-c2ccc(CCc3ccc4nc([C@@H]5CCCN5C(=O)[C@@H](NC(=O)OC)C(C)C)[nH]c4c3)s2)[nH]1)C(C)C. The van der Waals surface area contributed by atoms with Gasteiger partial charge < -0.3 is 39.9 Å². The average molecular weight is 747 g/mol. The van der Waals surface area contributed by atoms with E-state index in [1.807, 2.05) is 49.8 Å². The number of carbonyl (C=O) groups excluding carboxylic acids is 4. The van der Waals surface area contributed by atoms with E-state index in [1.165, 1.54) is 24.7 Å². The molecule has 1 aromatic carbocycles. The fourth-order valence-electron chi connectivity index (χ4n) is 7.33. The smallest absolute Gasteiger partial charge is 0.407 e. The maximum atomic E-state index is 13.6. The number of nitrogens with zero attached hydrogens (tertiary/aromatic N) is 4. The molecule has 0 spiro atoms. The molecular formula is C38H50N8O6S. The maximum Gasteiger partial charge on any atom is 0.407 e. The number of rotatable bonds is 12. The van der Waals surface area contributed by atoms with Crippen molar-refractivity contribution in [3.05, 3.63) is 58.6 Å². The number of imidazole rings is 2. The summed E-state index contributed by atoms with van der Waals surface area (Å²) >= 11 is 1.72. The summed E-state index contributed by atoms with van der Waals surface area (Å²) in [6, 6.07) is 8.79. The summed E-state index contributed by atoms with van der Waals surface area (Å²) in [5.41, 5.74) is 3.88. The molecule has 0 saturated carbocycles. The van der Waals surface area contributed by atoms with Crippen LogP contribution in [0, 0.1) is 11.8 Å². The number of carbonyl (C=O) groups is 4. The number of aromatic amines is 2. The third-order valence-corrected chi connectivity index (χ3v) is 11.4. The van der Waals surface area contributed by atoms with Gasteiger partial charge in [0, 0.05) is 18.0 Å². The zero-order chi connectivity index (χ0) is 37.8. The van der Waals surface area contributed by atoms with E-state index in [-0.39, 0.29) is 35.7 Å². The number of methoxy groups -OCH3 is 2. The summed E-state index contributed by atoms with van der Waals surface area (Å²) in [4.78, 5) is 73.4. The van der Waals surface area contributed by atoms with E-state index in [1.54, 1.807) is 11.3 Å². The van der Waals surface area contributed by atoms with E-state index in [0.29, 0.717) is 13.1 Å². The Kier molecular flexibility index (Phi) is 11.7. The molecule has 0 unspecified atom stereocenters. The normalized spacial score (nSPS) is 18.5. The average Bonchev–Trinajstić information content (AvgIpc) is 3.98. The zero-order valence-electron chi connectivity index (χ0n) is 31.2. The summed E-state index contributed by atoms with van der Waals surface area (Å²) in [7, 11) is 2.59. The first-order chi connectivity index (χ1) is 25.5.